The number of nitrogens with zero attached hydrogens (tertiary/aromatic N) is 2. The van der Waals surface area contributed by atoms with E-state index >= 15 is 0 Å². The molecule has 5 nitrogen and oxygen atoms in total. The molecule has 26 heavy (non-hydrogen) atoms. The van der Waals surface area contributed by atoms with Crippen molar-refractivity contribution in [3.63, 3.8) is 0 Å². The maximum atomic E-state index is 12.1. The average molecular weight is 384 g/mol. The quantitative estimate of drug-likeness (QED) is 0.489. The van der Waals surface area contributed by atoms with Gasteiger partial charge in [0.25, 0.3) is 0 Å². The summed E-state index contributed by atoms with van der Waals surface area (Å²) in [7, 11) is 1.37. The van der Waals surface area contributed by atoms with Crippen molar-refractivity contribution in [1.29, 1.82) is 0 Å². The summed E-state index contributed by atoms with van der Waals surface area (Å²) >= 11 is 7.78. The zero-order valence-corrected chi connectivity index (χ0v) is 15.3. The number of imidazole rings is 1. The largest absolute Gasteiger partial charge is 0.465 e. The van der Waals surface area contributed by atoms with Crippen molar-refractivity contribution >= 4 is 46.1 Å². The molecule has 3 heterocycles. The van der Waals surface area contributed by atoms with E-state index in [2.05, 4.69) is 5.32 Å². The van der Waals surface area contributed by atoms with Crippen LogP contribution in [0.4, 0.5) is 11.5 Å². The summed E-state index contributed by atoms with van der Waals surface area (Å²) < 4.78 is 6.77. The normalized spacial score (nSPS) is 10.8. The van der Waals surface area contributed by atoms with Crippen LogP contribution in [-0.2, 0) is 4.74 Å². The van der Waals surface area contributed by atoms with Crippen LogP contribution in [0.5, 0.6) is 0 Å². The van der Waals surface area contributed by atoms with Crippen molar-refractivity contribution in [2.45, 2.75) is 0 Å². The van der Waals surface area contributed by atoms with Crippen LogP contribution < -0.4 is 5.32 Å². The molecule has 0 saturated carbocycles. The van der Waals surface area contributed by atoms with Gasteiger partial charge < -0.3 is 10.1 Å². The van der Waals surface area contributed by atoms with E-state index < -0.39 is 5.97 Å². The molecule has 0 saturated heterocycles. The van der Waals surface area contributed by atoms with Gasteiger partial charge in [-0.05, 0) is 35.7 Å². The van der Waals surface area contributed by atoms with Crippen LogP contribution in [0.2, 0.25) is 5.02 Å². The lowest BCUT2D eigenvalue weighted by molar-refractivity contribution is 0.0602. The number of hydrogen-bond acceptors (Lipinski definition) is 5. The molecule has 4 aromatic rings. The summed E-state index contributed by atoms with van der Waals surface area (Å²) in [6, 6.07) is 14.8. The summed E-state index contributed by atoms with van der Waals surface area (Å²) in [4.78, 5) is 17.8. The van der Waals surface area contributed by atoms with Crippen LogP contribution in [0.15, 0.2) is 60.1 Å². The average Bonchev–Trinajstić information content (AvgIpc) is 3.30. The Morgan fingerprint density at radius 3 is 2.81 bits per heavy atom. The Morgan fingerprint density at radius 1 is 1.19 bits per heavy atom. The minimum Gasteiger partial charge on any atom is -0.465 e. The van der Waals surface area contributed by atoms with Gasteiger partial charge in [0, 0.05) is 6.20 Å². The number of fused-ring (bicyclic) bond motifs is 1. The van der Waals surface area contributed by atoms with Crippen molar-refractivity contribution in [2.75, 3.05) is 12.4 Å². The van der Waals surface area contributed by atoms with E-state index in [1.807, 2.05) is 40.1 Å². The Balaban J connectivity index is 1.90. The van der Waals surface area contributed by atoms with E-state index in [1.54, 1.807) is 35.7 Å². The second-order valence-corrected chi connectivity index (χ2v) is 6.91. The summed E-state index contributed by atoms with van der Waals surface area (Å²) in [6.45, 7) is 0. The van der Waals surface area contributed by atoms with Gasteiger partial charge in [0.1, 0.15) is 17.2 Å². The van der Waals surface area contributed by atoms with Gasteiger partial charge in [-0.15, -0.1) is 11.3 Å². The van der Waals surface area contributed by atoms with Crippen LogP contribution >= 0.6 is 22.9 Å². The predicted molar refractivity (Wildman–Crippen MR) is 105 cm³/mol. The van der Waals surface area contributed by atoms with Gasteiger partial charge >= 0.3 is 5.97 Å². The number of aromatic nitrogens is 2. The molecule has 7 heteroatoms. The molecule has 1 N–H and O–H groups in total. The molecule has 0 bridgehead atoms. The molecule has 0 aliphatic carbocycles. The van der Waals surface area contributed by atoms with Crippen molar-refractivity contribution < 1.29 is 9.53 Å². The second-order valence-electron chi connectivity index (χ2n) is 5.52. The molecular weight excluding hydrogens is 370 g/mol. The van der Waals surface area contributed by atoms with Crippen LogP contribution in [0.1, 0.15) is 10.4 Å². The minimum atomic E-state index is -0.405. The van der Waals surface area contributed by atoms with Crippen LogP contribution in [0.25, 0.3) is 16.2 Å². The number of para-hydroxylation sites is 1. The molecular formula is C19H14ClN3O2S. The van der Waals surface area contributed by atoms with Crippen molar-refractivity contribution in [3.8, 4) is 10.6 Å². The van der Waals surface area contributed by atoms with Gasteiger partial charge in [0.2, 0.25) is 0 Å². The predicted octanol–water partition coefficient (Wildman–Crippen LogP) is 5.25. The van der Waals surface area contributed by atoms with Gasteiger partial charge in [-0.3, -0.25) is 4.40 Å². The highest BCUT2D eigenvalue weighted by molar-refractivity contribution is 7.13. The molecule has 0 radical (unpaired) electrons. The SMILES string of the molecule is COC(=O)c1ccccc1Nc1c(-c2cccs2)nc2ccc(Cl)cn12. The smallest absolute Gasteiger partial charge is 0.339 e. The summed E-state index contributed by atoms with van der Waals surface area (Å²) in [6.07, 6.45) is 1.80. The first-order valence-corrected chi connectivity index (χ1v) is 9.09. The third kappa shape index (κ3) is 2.94. The Morgan fingerprint density at radius 2 is 2.04 bits per heavy atom. The van der Waals surface area contributed by atoms with Gasteiger partial charge in [0.15, 0.2) is 0 Å². The number of pyridine rings is 1. The number of ether oxygens (including phenoxy) is 1. The van der Waals surface area contributed by atoms with E-state index in [1.165, 1.54) is 7.11 Å². The third-order valence-corrected chi connectivity index (χ3v) is 5.02. The molecule has 0 amide bonds. The van der Waals surface area contributed by atoms with Gasteiger partial charge in [-0.1, -0.05) is 29.8 Å². The standard InChI is InChI=1S/C19H14ClN3O2S/c1-25-19(24)13-5-2-3-6-14(13)21-18-17(15-7-4-10-26-15)22-16-9-8-12(20)11-23(16)18/h2-11,21H,1H3. The molecule has 0 aliphatic heterocycles. The fourth-order valence-electron chi connectivity index (χ4n) is 2.73. The molecule has 1 aromatic carbocycles. The molecule has 0 spiro atoms. The number of halogens is 1. The number of nitrogens with one attached hydrogen (secondary N) is 1. The summed E-state index contributed by atoms with van der Waals surface area (Å²) in [5.74, 6) is 0.332. The van der Waals surface area contributed by atoms with E-state index in [0.717, 1.165) is 22.0 Å². The number of benzene rings is 1. The summed E-state index contributed by atoms with van der Waals surface area (Å²) in [5, 5.41) is 5.94. The zero-order valence-electron chi connectivity index (χ0n) is 13.8. The van der Waals surface area contributed by atoms with E-state index in [9.17, 15) is 4.79 Å². The first kappa shape index (κ1) is 16.6. The lowest BCUT2D eigenvalue weighted by Gasteiger charge is -2.12. The van der Waals surface area contributed by atoms with E-state index in [4.69, 9.17) is 21.3 Å². The fraction of sp³-hybridized carbons (Fsp3) is 0.0526. The van der Waals surface area contributed by atoms with Crippen LogP contribution in [0.3, 0.4) is 0 Å². The van der Waals surface area contributed by atoms with Crippen LogP contribution in [-0.4, -0.2) is 22.5 Å². The lowest BCUT2D eigenvalue weighted by Crippen LogP contribution is -2.06. The first-order chi connectivity index (χ1) is 12.7. The topological polar surface area (TPSA) is 55.6 Å². The Kier molecular flexibility index (Phi) is 4.36. The minimum absolute atomic E-state index is 0.405. The highest BCUT2D eigenvalue weighted by atomic mass is 35.5. The third-order valence-electron chi connectivity index (χ3n) is 3.92. The zero-order chi connectivity index (χ0) is 18.1. The fourth-order valence-corrected chi connectivity index (χ4v) is 3.61. The molecule has 0 aliphatic rings. The number of anilines is 2. The van der Waals surface area contributed by atoms with Gasteiger partial charge in [-0.2, -0.15) is 0 Å². The molecule has 4 rings (SSSR count). The maximum absolute atomic E-state index is 12.1. The highest BCUT2D eigenvalue weighted by Gasteiger charge is 2.18. The molecule has 0 unspecified atom stereocenters. The first-order valence-electron chi connectivity index (χ1n) is 7.83. The maximum Gasteiger partial charge on any atom is 0.339 e. The lowest BCUT2D eigenvalue weighted by atomic mass is 10.1. The van der Waals surface area contributed by atoms with E-state index in [0.29, 0.717) is 16.3 Å². The number of rotatable bonds is 4. The summed E-state index contributed by atoms with van der Waals surface area (Å²) in [5.41, 5.74) is 2.64. The number of methoxy groups -OCH3 is 1. The number of thiophene rings is 1. The van der Waals surface area contributed by atoms with Crippen molar-refractivity contribution in [1.82, 2.24) is 9.38 Å². The monoisotopic (exact) mass is 383 g/mol. The Bertz CT molecular complexity index is 1090. The number of esters is 1. The molecule has 0 fully saturated rings. The van der Waals surface area contributed by atoms with Gasteiger partial charge in [0.05, 0.1) is 28.3 Å². The molecule has 3 aromatic heterocycles. The number of hydrogen-bond donors (Lipinski definition) is 1. The number of carbonyl (C=O) groups is 1. The van der Waals surface area contributed by atoms with Gasteiger partial charge in [-0.25, -0.2) is 9.78 Å². The second kappa shape index (κ2) is 6.82. The van der Waals surface area contributed by atoms with Crippen molar-refractivity contribution in [3.05, 3.63) is 70.7 Å². The number of carbonyl (C=O) groups excluding carboxylic acids is 1. The van der Waals surface area contributed by atoms with Crippen LogP contribution in [0, 0.1) is 0 Å². The molecule has 130 valence electrons. The Labute approximate surface area is 158 Å². The van der Waals surface area contributed by atoms with Crippen molar-refractivity contribution in [2.24, 2.45) is 0 Å². The molecule has 0 atom stereocenters. The highest BCUT2D eigenvalue weighted by Crippen LogP contribution is 2.35. The Hall–Kier alpha value is -2.83. The van der Waals surface area contributed by atoms with E-state index in [-0.39, 0.29) is 0 Å².